The van der Waals surface area contributed by atoms with Gasteiger partial charge in [-0.25, -0.2) is 4.68 Å². The van der Waals surface area contributed by atoms with Crippen LogP contribution in [0.5, 0.6) is 5.88 Å². The van der Waals surface area contributed by atoms with E-state index in [4.69, 9.17) is 0 Å². The molecule has 1 rings (SSSR count). The molecule has 0 fully saturated rings. The van der Waals surface area contributed by atoms with Crippen molar-refractivity contribution in [2.75, 3.05) is 0 Å². The highest BCUT2D eigenvalue weighted by Gasteiger charge is 2.49. The van der Waals surface area contributed by atoms with Gasteiger partial charge in [-0.05, 0) is 0 Å². The Bertz CT molecular complexity index is 543. The van der Waals surface area contributed by atoms with Gasteiger partial charge in [0.05, 0.1) is 6.07 Å². The van der Waals surface area contributed by atoms with Crippen molar-refractivity contribution in [1.29, 1.82) is 0 Å². The third-order valence-corrected chi connectivity index (χ3v) is 2.45. The van der Waals surface area contributed by atoms with Crippen LogP contribution in [0.25, 0.3) is 0 Å². The first-order chi connectivity index (χ1) is 7.84. The van der Waals surface area contributed by atoms with Gasteiger partial charge in [0.15, 0.2) is 5.69 Å². The van der Waals surface area contributed by atoms with Gasteiger partial charge in [0.2, 0.25) is 5.88 Å². The molecule has 1 radical (unpaired) electrons. The van der Waals surface area contributed by atoms with E-state index in [2.05, 4.69) is 9.28 Å². The quantitative estimate of drug-likeness (QED) is 0.471. The number of alkyl halides is 6. The Morgan fingerprint density at radius 1 is 1.22 bits per heavy atom. The molecule has 0 amide bonds. The molecule has 0 N–H and O–H groups in total. The Hall–Kier alpha value is -1.46. The number of hydrogen-bond acceptors (Lipinski definition) is 4. The van der Waals surface area contributed by atoms with Crippen LogP contribution in [0.1, 0.15) is 5.69 Å². The highest BCUT2D eigenvalue weighted by atomic mass is 32.2. The fraction of sp³-hybridized carbons (Fsp3) is 0.500. The minimum absolute atomic E-state index is 0.173. The Balaban J connectivity index is 3.12. The largest absolute Gasteiger partial charge is 0.534 e. The molecule has 0 saturated heterocycles. The lowest BCUT2D eigenvalue weighted by molar-refractivity contribution is -0.141. The molecule has 12 heteroatoms. The van der Waals surface area contributed by atoms with E-state index in [0.29, 0.717) is 0 Å². The average Bonchev–Trinajstić information content (AvgIpc) is 2.44. The maximum absolute atomic E-state index is 12.1. The van der Waals surface area contributed by atoms with Crippen LogP contribution in [0, 0.1) is 6.07 Å². The number of aryl methyl sites for hydroxylation is 1. The third kappa shape index (κ3) is 2.86. The van der Waals surface area contributed by atoms with E-state index in [-0.39, 0.29) is 4.68 Å². The molecule has 0 aliphatic rings. The van der Waals surface area contributed by atoms with E-state index in [0.717, 1.165) is 7.05 Å². The minimum Gasteiger partial charge on any atom is -0.355 e. The second-order valence-electron chi connectivity index (χ2n) is 2.88. The zero-order valence-corrected chi connectivity index (χ0v) is 9.11. The van der Waals surface area contributed by atoms with E-state index < -0.39 is 33.4 Å². The molecule has 0 bridgehead atoms. The molecule has 0 aromatic carbocycles. The molecular weight excluding hydrogens is 294 g/mol. The van der Waals surface area contributed by atoms with Crippen LogP contribution >= 0.6 is 0 Å². The standard InChI is InChI=1S/C6H3F6N2O3S/c1-14-4(2-3(13-14)5(7,8)9)17-18(15,16)6(10,11)12/h1H3. The number of hydrogen-bond donors (Lipinski definition) is 0. The van der Waals surface area contributed by atoms with Gasteiger partial charge in [-0.2, -0.15) is 39.9 Å². The second-order valence-corrected chi connectivity index (χ2v) is 4.42. The van der Waals surface area contributed by atoms with E-state index >= 15 is 0 Å². The summed E-state index contributed by atoms with van der Waals surface area (Å²) < 4.78 is 96.8. The molecule has 0 saturated carbocycles. The van der Waals surface area contributed by atoms with Crippen molar-refractivity contribution in [2.45, 2.75) is 11.7 Å². The summed E-state index contributed by atoms with van der Waals surface area (Å²) in [6.07, 6.45) is -4.98. The van der Waals surface area contributed by atoms with Gasteiger partial charge < -0.3 is 4.18 Å². The first kappa shape index (κ1) is 14.6. The summed E-state index contributed by atoms with van der Waals surface area (Å²) in [6, 6.07) is 1.28. The smallest absolute Gasteiger partial charge is 0.355 e. The maximum Gasteiger partial charge on any atom is 0.534 e. The zero-order valence-electron chi connectivity index (χ0n) is 8.30. The van der Waals surface area contributed by atoms with Gasteiger partial charge in [-0.3, -0.25) is 0 Å². The summed E-state index contributed by atoms with van der Waals surface area (Å²) in [7, 11) is -5.29. The highest BCUT2D eigenvalue weighted by Crippen LogP contribution is 2.32. The normalized spacial score (nSPS) is 13.7. The van der Waals surface area contributed by atoms with Crippen LogP contribution in [0.15, 0.2) is 0 Å². The van der Waals surface area contributed by atoms with Crippen molar-refractivity contribution < 1.29 is 38.9 Å². The first-order valence-electron chi connectivity index (χ1n) is 3.89. The highest BCUT2D eigenvalue weighted by molar-refractivity contribution is 7.87. The molecule has 1 heterocycles. The monoisotopic (exact) mass is 297 g/mol. The molecular formula is C6H3F6N2O3S. The van der Waals surface area contributed by atoms with Gasteiger partial charge in [-0.1, -0.05) is 0 Å². The molecule has 103 valence electrons. The average molecular weight is 297 g/mol. The summed E-state index contributed by atoms with van der Waals surface area (Å²) in [4.78, 5) is 0. The van der Waals surface area contributed by atoms with Crippen molar-refractivity contribution in [3.63, 3.8) is 0 Å². The lowest BCUT2D eigenvalue weighted by Gasteiger charge is -2.08. The SMILES string of the molecule is Cn1nc(C(F)(F)F)[c]c1OS(=O)(=O)C(F)(F)F. The van der Waals surface area contributed by atoms with Gasteiger partial charge in [0, 0.05) is 7.05 Å². The van der Waals surface area contributed by atoms with Gasteiger partial charge >= 0.3 is 21.8 Å². The van der Waals surface area contributed by atoms with Crippen molar-refractivity contribution in [3.05, 3.63) is 11.8 Å². The van der Waals surface area contributed by atoms with Crippen molar-refractivity contribution >= 4 is 10.1 Å². The van der Waals surface area contributed by atoms with Crippen LogP contribution in [0.4, 0.5) is 26.3 Å². The first-order valence-corrected chi connectivity index (χ1v) is 5.29. The molecule has 5 nitrogen and oxygen atoms in total. The van der Waals surface area contributed by atoms with Crippen molar-refractivity contribution in [1.82, 2.24) is 9.78 Å². The lowest BCUT2D eigenvalue weighted by atomic mass is 10.4. The summed E-state index contributed by atoms with van der Waals surface area (Å²) in [5, 5.41) is 2.73. The molecule has 0 unspecified atom stereocenters. The fourth-order valence-corrected chi connectivity index (χ4v) is 1.21. The summed E-state index contributed by atoms with van der Waals surface area (Å²) in [5.74, 6) is -1.32. The van der Waals surface area contributed by atoms with E-state index in [9.17, 15) is 34.8 Å². The van der Waals surface area contributed by atoms with Gasteiger partial charge in [-0.15, -0.1) is 0 Å². The van der Waals surface area contributed by atoms with Crippen molar-refractivity contribution in [2.24, 2.45) is 7.05 Å². The Labute approximate surface area is 96.1 Å². The van der Waals surface area contributed by atoms with Crippen LogP contribution < -0.4 is 4.18 Å². The predicted molar refractivity (Wildman–Crippen MR) is 42.6 cm³/mol. The molecule has 0 aliphatic heterocycles. The molecule has 1 aromatic heterocycles. The predicted octanol–water partition coefficient (Wildman–Crippen LogP) is 1.47. The molecule has 0 spiro atoms. The van der Waals surface area contributed by atoms with Crippen molar-refractivity contribution in [3.8, 4) is 5.88 Å². The second kappa shape index (κ2) is 4.03. The maximum atomic E-state index is 12.1. The van der Waals surface area contributed by atoms with Crippen LogP contribution in [0.3, 0.4) is 0 Å². The van der Waals surface area contributed by atoms with E-state index in [1.165, 1.54) is 6.07 Å². The summed E-state index contributed by atoms with van der Waals surface area (Å²) in [6.45, 7) is 0. The third-order valence-electron chi connectivity index (χ3n) is 1.51. The Morgan fingerprint density at radius 3 is 2.06 bits per heavy atom. The molecule has 18 heavy (non-hydrogen) atoms. The summed E-state index contributed by atoms with van der Waals surface area (Å²) in [5.41, 5.74) is -7.46. The van der Waals surface area contributed by atoms with E-state index in [1.54, 1.807) is 0 Å². The molecule has 0 atom stereocenters. The lowest BCUT2D eigenvalue weighted by Crippen LogP contribution is -2.28. The number of nitrogens with zero attached hydrogens (tertiary/aromatic N) is 2. The summed E-state index contributed by atoms with van der Waals surface area (Å²) >= 11 is 0. The number of rotatable bonds is 2. The molecule has 0 aliphatic carbocycles. The van der Waals surface area contributed by atoms with E-state index in [1.807, 2.05) is 0 Å². The van der Waals surface area contributed by atoms with Gasteiger partial charge in [0.1, 0.15) is 0 Å². The Kier molecular flexibility index (Phi) is 3.27. The zero-order chi connectivity index (χ0) is 14.4. The number of halogens is 6. The topological polar surface area (TPSA) is 61.2 Å². The molecule has 1 aromatic rings. The fourth-order valence-electron chi connectivity index (χ4n) is 0.756. The van der Waals surface area contributed by atoms with Crippen LogP contribution in [0.2, 0.25) is 0 Å². The number of aromatic nitrogens is 2. The van der Waals surface area contributed by atoms with Crippen LogP contribution in [-0.4, -0.2) is 23.7 Å². The minimum atomic E-state index is -6.06. The van der Waals surface area contributed by atoms with Gasteiger partial charge in [0.25, 0.3) is 0 Å². The van der Waals surface area contributed by atoms with Crippen LogP contribution in [-0.2, 0) is 23.3 Å². The Morgan fingerprint density at radius 2 is 1.72 bits per heavy atom.